The quantitative estimate of drug-likeness (QED) is 0.753. The number of carbonyl (C=O) groups excluding carboxylic acids is 1. The van der Waals surface area contributed by atoms with E-state index in [0.29, 0.717) is 23.0 Å². The molecular weight excluding hydrogens is 330 g/mol. The van der Waals surface area contributed by atoms with E-state index >= 15 is 0 Å². The third-order valence-electron chi connectivity index (χ3n) is 3.58. The number of amides is 1. The van der Waals surface area contributed by atoms with E-state index in [2.05, 4.69) is 10.3 Å². The fourth-order valence-corrected chi connectivity index (χ4v) is 2.56. The highest BCUT2D eigenvalue weighted by Crippen LogP contribution is 2.27. The molecule has 0 aliphatic heterocycles. The average molecular weight is 344 g/mol. The summed E-state index contributed by atoms with van der Waals surface area (Å²) in [5, 5.41) is 2.35. The number of ether oxygens (including phenoxy) is 1. The van der Waals surface area contributed by atoms with E-state index in [1.807, 2.05) is 0 Å². The monoisotopic (exact) mass is 344 g/mol. The molecule has 3 rings (SSSR count). The zero-order valence-electron chi connectivity index (χ0n) is 13.2. The van der Waals surface area contributed by atoms with E-state index in [0.717, 1.165) is 6.07 Å². The first-order chi connectivity index (χ1) is 12.0. The molecule has 128 valence electrons. The van der Waals surface area contributed by atoms with Gasteiger partial charge in [0.2, 0.25) is 0 Å². The Bertz CT molecular complexity index is 1010. The molecule has 0 unspecified atom stereocenters. The first-order valence-corrected chi connectivity index (χ1v) is 7.55. The van der Waals surface area contributed by atoms with Crippen LogP contribution in [-0.4, -0.2) is 17.7 Å². The number of fused-ring (bicyclic) bond motifs is 1. The van der Waals surface area contributed by atoms with E-state index in [1.165, 1.54) is 6.07 Å². The SMILES string of the molecule is CCOC(=O)Nc1ccccc1-c1cc(=O)c2c(F)cc(F)cc2[nH]1. The Kier molecular flexibility index (Phi) is 4.47. The minimum absolute atomic E-state index is 0.0333. The van der Waals surface area contributed by atoms with Crippen molar-refractivity contribution >= 4 is 22.7 Å². The number of nitrogens with one attached hydrogen (secondary N) is 2. The first kappa shape index (κ1) is 16.6. The van der Waals surface area contributed by atoms with E-state index in [4.69, 9.17) is 4.74 Å². The fourth-order valence-electron chi connectivity index (χ4n) is 2.56. The van der Waals surface area contributed by atoms with Crippen molar-refractivity contribution in [1.82, 2.24) is 4.98 Å². The van der Waals surface area contributed by atoms with Crippen molar-refractivity contribution in [2.24, 2.45) is 0 Å². The highest BCUT2D eigenvalue weighted by Gasteiger charge is 2.13. The first-order valence-electron chi connectivity index (χ1n) is 7.55. The number of anilines is 1. The molecule has 2 N–H and O–H groups in total. The molecule has 1 amide bonds. The van der Waals surface area contributed by atoms with Crippen LogP contribution in [0.15, 0.2) is 47.3 Å². The van der Waals surface area contributed by atoms with Gasteiger partial charge in [0.15, 0.2) is 5.43 Å². The highest BCUT2D eigenvalue weighted by atomic mass is 19.1. The van der Waals surface area contributed by atoms with Gasteiger partial charge in [0.05, 0.1) is 28.9 Å². The number of rotatable bonds is 3. The molecule has 0 bridgehead atoms. The van der Waals surface area contributed by atoms with Crippen molar-refractivity contribution in [2.45, 2.75) is 6.92 Å². The van der Waals surface area contributed by atoms with Gasteiger partial charge < -0.3 is 9.72 Å². The lowest BCUT2D eigenvalue weighted by Gasteiger charge is -2.12. The van der Waals surface area contributed by atoms with Gasteiger partial charge in [-0.2, -0.15) is 0 Å². The lowest BCUT2D eigenvalue weighted by atomic mass is 10.1. The van der Waals surface area contributed by atoms with E-state index < -0.39 is 23.2 Å². The minimum Gasteiger partial charge on any atom is -0.450 e. The molecule has 1 aromatic heterocycles. The zero-order valence-corrected chi connectivity index (χ0v) is 13.2. The zero-order chi connectivity index (χ0) is 18.0. The third kappa shape index (κ3) is 3.35. The van der Waals surface area contributed by atoms with Crippen molar-refractivity contribution in [3.63, 3.8) is 0 Å². The second-order valence-corrected chi connectivity index (χ2v) is 5.25. The number of H-pyrrole nitrogens is 1. The number of pyridine rings is 1. The third-order valence-corrected chi connectivity index (χ3v) is 3.58. The molecular formula is C18H14F2N2O3. The van der Waals surface area contributed by atoms with Crippen molar-refractivity contribution in [2.75, 3.05) is 11.9 Å². The Labute approximate surface area is 141 Å². The van der Waals surface area contributed by atoms with Crippen molar-refractivity contribution < 1.29 is 18.3 Å². The molecule has 0 radical (unpaired) electrons. The molecule has 0 saturated heterocycles. The largest absolute Gasteiger partial charge is 0.450 e. The molecule has 0 spiro atoms. The molecule has 0 aliphatic rings. The van der Waals surface area contributed by atoms with Crippen molar-refractivity contribution in [3.05, 3.63) is 64.3 Å². The number of benzene rings is 2. The maximum Gasteiger partial charge on any atom is 0.411 e. The van der Waals surface area contributed by atoms with Crippen LogP contribution in [0.3, 0.4) is 0 Å². The summed E-state index contributed by atoms with van der Waals surface area (Å²) in [6.45, 7) is 1.88. The summed E-state index contributed by atoms with van der Waals surface area (Å²) in [6, 6.07) is 9.60. The van der Waals surface area contributed by atoms with E-state index in [-0.39, 0.29) is 17.5 Å². The van der Waals surface area contributed by atoms with Crippen LogP contribution in [0.4, 0.5) is 19.3 Å². The summed E-state index contributed by atoms with van der Waals surface area (Å²) >= 11 is 0. The topological polar surface area (TPSA) is 71.2 Å². The van der Waals surface area contributed by atoms with Gasteiger partial charge >= 0.3 is 6.09 Å². The van der Waals surface area contributed by atoms with Crippen molar-refractivity contribution in [3.8, 4) is 11.3 Å². The van der Waals surface area contributed by atoms with Crippen LogP contribution < -0.4 is 10.7 Å². The Hall–Kier alpha value is -3.22. The number of hydrogen-bond acceptors (Lipinski definition) is 3. The van der Waals surface area contributed by atoms with Gasteiger partial charge in [0.25, 0.3) is 0 Å². The second-order valence-electron chi connectivity index (χ2n) is 5.25. The van der Waals surface area contributed by atoms with Crippen LogP contribution in [-0.2, 0) is 4.74 Å². The molecule has 7 heteroatoms. The van der Waals surface area contributed by atoms with Gasteiger partial charge in [-0.25, -0.2) is 13.6 Å². The summed E-state index contributed by atoms with van der Waals surface area (Å²) in [4.78, 5) is 26.7. The number of aromatic nitrogens is 1. The molecule has 25 heavy (non-hydrogen) atoms. The Balaban J connectivity index is 2.14. The van der Waals surface area contributed by atoms with Gasteiger partial charge in [-0.05, 0) is 19.1 Å². The molecule has 2 aromatic carbocycles. The van der Waals surface area contributed by atoms with Gasteiger partial charge in [0, 0.05) is 17.7 Å². The predicted molar refractivity (Wildman–Crippen MR) is 90.6 cm³/mol. The Morgan fingerprint density at radius 2 is 1.96 bits per heavy atom. The Morgan fingerprint density at radius 3 is 2.72 bits per heavy atom. The number of para-hydroxylation sites is 1. The average Bonchev–Trinajstić information content (AvgIpc) is 2.54. The maximum atomic E-state index is 13.8. The maximum absolute atomic E-state index is 13.8. The molecule has 5 nitrogen and oxygen atoms in total. The normalized spacial score (nSPS) is 10.7. The van der Waals surface area contributed by atoms with Crippen LogP contribution >= 0.6 is 0 Å². The number of halogens is 2. The van der Waals surface area contributed by atoms with Crippen LogP contribution in [0, 0.1) is 11.6 Å². The molecule has 1 heterocycles. The van der Waals surface area contributed by atoms with Gasteiger partial charge in [-0.3, -0.25) is 10.1 Å². The van der Waals surface area contributed by atoms with E-state index in [9.17, 15) is 18.4 Å². The molecule has 0 fully saturated rings. The summed E-state index contributed by atoms with van der Waals surface area (Å²) in [7, 11) is 0. The van der Waals surface area contributed by atoms with Crippen LogP contribution in [0.25, 0.3) is 22.2 Å². The molecule has 0 atom stereocenters. The van der Waals surface area contributed by atoms with Crippen LogP contribution in [0.2, 0.25) is 0 Å². The second kappa shape index (κ2) is 6.72. The van der Waals surface area contributed by atoms with Crippen LogP contribution in [0.5, 0.6) is 0 Å². The van der Waals surface area contributed by atoms with E-state index in [1.54, 1.807) is 31.2 Å². The van der Waals surface area contributed by atoms with Gasteiger partial charge in [-0.15, -0.1) is 0 Å². The van der Waals surface area contributed by atoms with Crippen LogP contribution in [0.1, 0.15) is 6.92 Å². The fraction of sp³-hybridized carbons (Fsp3) is 0.111. The summed E-state index contributed by atoms with van der Waals surface area (Å²) < 4.78 is 32.1. The van der Waals surface area contributed by atoms with Gasteiger partial charge in [0.1, 0.15) is 11.6 Å². The predicted octanol–water partition coefficient (Wildman–Crippen LogP) is 4.04. The smallest absolute Gasteiger partial charge is 0.411 e. The highest BCUT2D eigenvalue weighted by molar-refractivity contribution is 5.92. The standard InChI is InChI=1S/C18H14F2N2O3/c1-2-25-18(24)22-13-6-4-3-5-11(13)14-9-16(23)17-12(20)7-10(19)8-15(17)21-14/h3-9H,2H2,1H3,(H,21,23)(H,22,24). The number of hydrogen-bond donors (Lipinski definition) is 2. The lowest BCUT2D eigenvalue weighted by molar-refractivity contribution is 0.168. The minimum atomic E-state index is -0.930. The number of carbonyl (C=O) groups is 1. The summed E-state index contributed by atoms with van der Waals surface area (Å²) in [5.74, 6) is -1.73. The van der Waals surface area contributed by atoms with Gasteiger partial charge in [-0.1, -0.05) is 18.2 Å². The lowest BCUT2D eigenvalue weighted by Crippen LogP contribution is -2.14. The molecule has 0 aliphatic carbocycles. The van der Waals surface area contributed by atoms with Crippen molar-refractivity contribution in [1.29, 1.82) is 0 Å². The molecule has 0 saturated carbocycles. The number of aromatic amines is 1. The summed E-state index contributed by atoms with van der Waals surface area (Å²) in [6.07, 6.45) is -0.643. The Morgan fingerprint density at radius 1 is 1.20 bits per heavy atom. The molecule has 3 aromatic rings. The summed E-state index contributed by atoms with van der Waals surface area (Å²) in [5.41, 5.74) is 0.639.